The molecule has 0 spiro atoms. The summed E-state index contributed by atoms with van der Waals surface area (Å²) in [4.78, 5) is 10.6. The highest BCUT2D eigenvalue weighted by Crippen LogP contribution is 2.21. The monoisotopic (exact) mass is 180 g/mol. The quantitative estimate of drug-likeness (QED) is 0.637. The Hall–Kier alpha value is -1.55. The third-order valence-electron chi connectivity index (χ3n) is 1.64. The molecule has 1 radical (unpaired) electrons. The van der Waals surface area contributed by atoms with Crippen molar-refractivity contribution in [3.05, 3.63) is 29.3 Å². The van der Waals surface area contributed by atoms with Crippen LogP contribution in [0.5, 0.6) is 5.75 Å². The fourth-order valence-electron chi connectivity index (χ4n) is 1.02. The third-order valence-corrected chi connectivity index (χ3v) is 1.64. The van der Waals surface area contributed by atoms with Crippen molar-refractivity contribution in [3.63, 3.8) is 0 Å². The van der Waals surface area contributed by atoms with Crippen molar-refractivity contribution in [1.29, 1.82) is 0 Å². The number of carbonyl (C=O) groups is 1. The van der Waals surface area contributed by atoms with Crippen LogP contribution in [0.15, 0.2) is 12.1 Å². The van der Waals surface area contributed by atoms with Gasteiger partial charge in [-0.05, 0) is 25.2 Å². The highest BCUT2D eigenvalue weighted by atomic mass is 16.4. The second-order valence-electron chi connectivity index (χ2n) is 2.58. The van der Waals surface area contributed by atoms with Crippen LogP contribution in [-0.4, -0.2) is 23.2 Å². The highest BCUT2D eigenvalue weighted by Gasteiger charge is 2.11. The molecule has 69 valence electrons. The summed E-state index contributed by atoms with van der Waals surface area (Å²) in [7, 11) is 1.72. The minimum atomic E-state index is -1.15. The minimum absolute atomic E-state index is 0.118. The first-order chi connectivity index (χ1) is 6.16. The number of phenols is 1. The molecule has 1 rings (SSSR count). The van der Waals surface area contributed by atoms with Crippen molar-refractivity contribution in [3.8, 4) is 5.75 Å². The van der Waals surface area contributed by atoms with Crippen LogP contribution in [0.1, 0.15) is 15.9 Å². The van der Waals surface area contributed by atoms with Gasteiger partial charge in [0.1, 0.15) is 11.3 Å². The third kappa shape index (κ3) is 1.97. The first kappa shape index (κ1) is 9.54. The average Bonchev–Trinajstić information content (AvgIpc) is 2.08. The molecule has 0 aliphatic heterocycles. The van der Waals surface area contributed by atoms with E-state index in [9.17, 15) is 9.90 Å². The fraction of sp³-hybridized carbons (Fsp3) is 0.222. The summed E-state index contributed by atoms with van der Waals surface area (Å²) in [5, 5.41) is 20.9. The van der Waals surface area contributed by atoms with E-state index in [1.165, 1.54) is 6.07 Å². The first-order valence-electron chi connectivity index (χ1n) is 3.76. The van der Waals surface area contributed by atoms with Crippen molar-refractivity contribution < 1.29 is 15.0 Å². The summed E-state index contributed by atoms with van der Waals surface area (Å²) in [6, 6.07) is 5.46. The Kier molecular flexibility index (Phi) is 2.87. The molecule has 4 nitrogen and oxygen atoms in total. The van der Waals surface area contributed by atoms with E-state index >= 15 is 0 Å². The van der Waals surface area contributed by atoms with Gasteiger partial charge in [0.25, 0.3) is 0 Å². The van der Waals surface area contributed by atoms with Crippen molar-refractivity contribution in [2.45, 2.75) is 6.54 Å². The lowest BCUT2D eigenvalue weighted by Crippen LogP contribution is -2.07. The van der Waals surface area contributed by atoms with Gasteiger partial charge in [-0.2, -0.15) is 0 Å². The maximum atomic E-state index is 10.6. The molecule has 3 N–H and O–H groups in total. The molecule has 0 unspecified atom stereocenters. The number of benzene rings is 1. The molecule has 0 saturated carbocycles. The number of aromatic carboxylic acids is 1. The van der Waals surface area contributed by atoms with Crippen LogP contribution in [0.3, 0.4) is 0 Å². The Morgan fingerprint density at radius 2 is 2.31 bits per heavy atom. The SMILES string of the molecule is CNCc1c[c]cc(C(=O)O)c1O. The molecule has 0 aliphatic carbocycles. The van der Waals surface area contributed by atoms with Crippen molar-refractivity contribution >= 4 is 5.97 Å². The number of aromatic hydroxyl groups is 1. The summed E-state index contributed by atoms with van der Waals surface area (Å²) in [5.74, 6) is -1.34. The van der Waals surface area contributed by atoms with E-state index in [2.05, 4.69) is 11.4 Å². The van der Waals surface area contributed by atoms with Crippen molar-refractivity contribution in [2.75, 3.05) is 7.05 Å². The van der Waals surface area contributed by atoms with Gasteiger partial charge in [-0.1, -0.05) is 0 Å². The Morgan fingerprint density at radius 3 is 2.85 bits per heavy atom. The van der Waals surface area contributed by atoms with E-state index in [-0.39, 0.29) is 11.3 Å². The molecular weight excluding hydrogens is 170 g/mol. The van der Waals surface area contributed by atoms with Crippen LogP contribution in [0, 0.1) is 6.07 Å². The van der Waals surface area contributed by atoms with E-state index in [0.717, 1.165) is 0 Å². The molecule has 0 atom stereocenters. The molecule has 0 aliphatic rings. The first-order valence-corrected chi connectivity index (χ1v) is 3.76. The Labute approximate surface area is 75.8 Å². The lowest BCUT2D eigenvalue weighted by atomic mass is 10.1. The number of nitrogens with one attached hydrogen (secondary N) is 1. The van der Waals surface area contributed by atoms with Crippen molar-refractivity contribution in [1.82, 2.24) is 5.32 Å². The van der Waals surface area contributed by atoms with Crippen LogP contribution in [0.2, 0.25) is 0 Å². The number of hydrogen-bond acceptors (Lipinski definition) is 3. The molecule has 0 fully saturated rings. The maximum absolute atomic E-state index is 10.6. The maximum Gasteiger partial charge on any atom is 0.339 e. The topological polar surface area (TPSA) is 69.6 Å². The summed E-state index contributed by atoms with van der Waals surface area (Å²) in [5.41, 5.74) is 0.412. The molecule has 1 aromatic rings. The normalized spacial score (nSPS) is 9.92. The van der Waals surface area contributed by atoms with Crippen LogP contribution >= 0.6 is 0 Å². The number of rotatable bonds is 3. The minimum Gasteiger partial charge on any atom is -0.507 e. The molecule has 1 aromatic carbocycles. The average molecular weight is 180 g/mol. The van der Waals surface area contributed by atoms with Gasteiger partial charge in [0.2, 0.25) is 0 Å². The summed E-state index contributed by atoms with van der Waals surface area (Å²) < 4.78 is 0. The smallest absolute Gasteiger partial charge is 0.339 e. The Bertz CT molecular complexity index is 323. The fourth-order valence-corrected chi connectivity index (χ4v) is 1.02. The van der Waals surface area contributed by atoms with Gasteiger partial charge in [-0.25, -0.2) is 4.79 Å². The second kappa shape index (κ2) is 3.91. The number of carboxylic acids is 1. The molecule has 0 aromatic heterocycles. The van der Waals surface area contributed by atoms with Crippen LogP contribution < -0.4 is 5.32 Å². The summed E-state index contributed by atoms with van der Waals surface area (Å²) in [6.45, 7) is 0.420. The van der Waals surface area contributed by atoms with Gasteiger partial charge < -0.3 is 15.5 Å². The van der Waals surface area contributed by atoms with Crippen LogP contribution in [0.4, 0.5) is 0 Å². The van der Waals surface area contributed by atoms with Gasteiger partial charge in [0.15, 0.2) is 0 Å². The van der Waals surface area contributed by atoms with E-state index < -0.39 is 5.97 Å². The Balaban J connectivity index is 3.10. The Morgan fingerprint density at radius 1 is 1.62 bits per heavy atom. The van der Waals surface area contributed by atoms with Gasteiger partial charge >= 0.3 is 5.97 Å². The predicted octanol–water partition coefficient (Wildman–Crippen LogP) is 0.610. The largest absolute Gasteiger partial charge is 0.507 e. The predicted molar refractivity (Wildman–Crippen MR) is 46.7 cm³/mol. The lowest BCUT2D eigenvalue weighted by Gasteiger charge is -2.05. The zero-order valence-electron chi connectivity index (χ0n) is 7.16. The van der Waals surface area contributed by atoms with E-state index in [1.54, 1.807) is 13.1 Å². The molecule has 0 bridgehead atoms. The zero-order chi connectivity index (χ0) is 9.84. The van der Waals surface area contributed by atoms with Gasteiger partial charge in [0.05, 0.1) is 0 Å². The molecule has 0 saturated heterocycles. The molecule has 13 heavy (non-hydrogen) atoms. The van der Waals surface area contributed by atoms with E-state index in [0.29, 0.717) is 12.1 Å². The van der Waals surface area contributed by atoms with Gasteiger partial charge in [-0.15, -0.1) is 0 Å². The van der Waals surface area contributed by atoms with Gasteiger partial charge in [0, 0.05) is 12.1 Å². The second-order valence-corrected chi connectivity index (χ2v) is 2.58. The lowest BCUT2D eigenvalue weighted by molar-refractivity contribution is 0.0693. The number of hydrogen-bond donors (Lipinski definition) is 3. The molecular formula is C9H10NO3. The highest BCUT2D eigenvalue weighted by molar-refractivity contribution is 5.91. The van der Waals surface area contributed by atoms with Crippen LogP contribution in [-0.2, 0) is 6.54 Å². The standard InChI is InChI=1S/C9H10NO3/c1-10-5-6-3-2-4-7(8(6)11)9(12)13/h3-4,10-11H,5H2,1H3,(H,12,13). The number of carboxylic acid groups (broad SMARTS) is 1. The molecule has 0 heterocycles. The van der Waals surface area contributed by atoms with Crippen molar-refractivity contribution in [2.24, 2.45) is 0 Å². The summed E-state index contributed by atoms with van der Waals surface area (Å²) >= 11 is 0. The zero-order valence-corrected chi connectivity index (χ0v) is 7.16. The van der Waals surface area contributed by atoms with E-state index in [4.69, 9.17) is 5.11 Å². The summed E-state index contributed by atoms with van der Waals surface area (Å²) in [6.07, 6.45) is 0. The van der Waals surface area contributed by atoms with Crippen LogP contribution in [0.25, 0.3) is 0 Å². The van der Waals surface area contributed by atoms with E-state index in [1.807, 2.05) is 0 Å². The molecule has 0 amide bonds. The molecule has 4 heteroatoms. The van der Waals surface area contributed by atoms with Gasteiger partial charge in [-0.3, -0.25) is 0 Å².